The molecule has 0 radical (unpaired) electrons. The van der Waals surface area contributed by atoms with Gasteiger partial charge < -0.3 is 10.6 Å². The van der Waals surface area contributed by atoms with Crippen molar-refractivity contribution in [1.82, 2.24) is 0 Å². The highest BCUT2D eigenvalue weighted by Gasteiger charge is 2.16. The van der Waals surface area contributed by atoms with E-state index in [4.69, 9.17) is 11.1 Å². The number of anilines is 1. The van der Waals surface area contributed by atoms with Crippen LogP contribution in [0.5, 0.6) is 0 Å². The molecule has 1 aromatic rings. The molecule has 1 unspecified atom stereocenters. The zero-order valence-electron chi connectivity index (χ0n) is 9.74. The Labute approximate surface area is 96.8 Å². The summed E-state index contributed by atoms with van der Waals surface area (Å²) >= 11 is 0. The molecule has 1 fully saturated rings. The number of nitrogen functional groups attached to an aromatic ring is 1. The molecule has 1 heterocycles. The first-order chi connectivity index (χ1) is 7.66. The molecule has 1 aliphatic heterocycles. The maximum atomic E-state index is 7.35. The molecule has 0 bridgehead atoms. The van der Waals surface area contributed by atoms with Crippen LogP contribution >= 0.6 is 0 Å². The lowest BCUT2D eigenvalue weighted by Crippen LogP contribution is -2.34. The van der Waals surface area contributed by atoms with Crippen molar-refractivity contribution in [2.24, 2.45) is 11.7 Å². The molecule has 1 saturated heterocycles. The Morgan fingerprint density at radius 1 is 1.38 bits per heavy atom. The van der Waals surface area contributed by atoms with Gasteiger partial charge in [0.1, 0.15) is 5.84 Å². The van der Waals surface area contributed by atoms with E-state index in [1.54, 1.807) is 0 Å². The van der Waals surface area contributed by atoms with E-state index >= 15 is 0 Å². The highest BCUT2D eigenvalue weighted by molar-refractivity contribution is 5.95. The van der Waals surface area contributed by atoms with Crippen molar-refractivity contribution in [3.63, 3.8) is 0 Å². The van der Waals surface area contributed by atoms with Crippen LogP contribution < -0.4 is 10.6 Å². The second-order valence-corrected chi connectivity index (χ2v) is 4.65. The largest absolute Gasteiger partial charge is 0.384 e. The first-order valence-electron chi connectivity index (χ1n) is 5.86. The number of hydrogen-bond donors (Lipinski definition) is 2. The summed E-state index contributed by atoms with van der Waals surface area (Å²) in [6, 6.07) is 7.98. The summed E-state index contributed by atoms with van der Waals surface area (Å²) in [5, 5.41) is 7.35. The second kappa shape index (κ2) is 4.56. The molecule has 1 aromatic carbocycles. The first-order valence-corrected chi connectivity index (χ1v) is 5.86. The van der Waals surface area contributed by atoms with E-state index in [2.05, 4.69) is 24.0 Å². The Kier molecular flexibility index (Phi) is 3.13. The van der Waals surface area contributed by atoms with Crippen LogP contribution in [0.1, 0.15) is 25.3 Å². The van der Waals surface area contributed by atoms with Gasteiger partial charge in [0.2, 0.25) is 0 Å². The van der Waals surface area contributed by atoms with Crippen molar-refractivity contribution in [2.75, 3.05) is 18.0 Å². The van der Waals surface area contributed by atoms with Crippen LogP contribution in [0, 0.1) is 11.3 Å². The van der Waals surface area contributed by atoms with E-state index in [-0.39, 0.29) is 5.84 Å². The number of hydrogen-bond acceptors (Lipinski definition) is 2. The lowest BCUT2D eigenvalue weighted by atomic mass is 9.99. The first kappa shape index (κ1) is 11.0. The van der Waals surface area contributed by atoms with Crippen LogP contribution in [0.25, 0.3) is 0 Å². The third-order valence-corrected chi connectivity index (χ3v) is 3.20. The number of nitrogens with two attached hydrogens (primary N) is 1. The van der Waals surface area contributed by atoms with Crippen molar-refractivity contribution in [2.45, 2.75) is 19.8 Å². The molecule has 3 N–H and O–H groups in total. The Bertz CT molecular complexity index is 369. The van der Waals surface area contributed by atoms with Gasteiger partial charge in [0.05, 0.1) is 0 Å². The average Bonchev–Trinajstić information content (AvgIpc) is 2.29. The van der Waals surface area contributed by atoms with E-state index < -0.39 is 0 Å². The van der Waals surface area contributed by atoms with Crippen LogP contribution in [0.2, 0.25) is 0 Å². The molecular weight excluding hydrogens is 198 g/mol. The number of nitrogens with zero attached hydrogens (tertiary/aromatic N) is 1. The van der Waals surface area contributed by atoms with Gasteiger partial charge >= 0.3 is 0 Å². The highest BCUT2D eigenvalue weighted by atomic mass is 15.1. The lowest BCUT2D eigenvalue weighted by Gasteiger charge is -2.32. The topological polar surface area (TPSA) is 53.1 Å². The Morgan fingerprint density at radius 2 is 2.06 bits per heavy atom. The van der Waals surface area contributed by atoms with Gasteiger partial charge in [-0.25, -0.2) is 0 Å². The van der Waals surface area contributed by atoms with Gasteiger partial charge in [-0.05, 0) is 43.0 Å². The third kappa shape index (κ3) is 2.35. The Hall–Kier alpha value is -1.51. The van der Waals surface area contributed by atoms with Crippen LogP contribution in [0.3, 0.4) is 0 Å². The molecule has 0 aliphatic carbocycles. The predicted octanol–water partition coefficient (Wildman–Crippen LogP) is 2.21. The summed E-state index contributed by atoms with van der Waals surface area (Å²) in [5.41, 5.74) is 7.48. The quantitative estimate of drug-likeness (QED) is 0.589. The lowest BCUT2D eigenvalue weighted by molar-refractivity contribution is 0.447. The molecule has 0 spiro atoms. The number of rotatable bonds is 2. The standard InChI is InChI=1S/C13H19N3/c1-10-3-2-8-16(9-10)12-6-4-11(5-7-12)13(14)15/h4-7,10H,2-3,8-9H2,1H3,(H3,14,15). The van der Waals surface area contributed by atoms with Crippen molar-refractivity contribution >= 4 is 11.5 Å². The molecule has 1 aliphatic rings. The maximum Gasteiger partial charge on any atom is 0.122 e. The monoisotopic (exact) mass is 217 g/mol. The number of benzene rings is 1. The molecular formula is C13H19N3. The molecule has 0 saturated carbocycles. The molecule has 3 nitrogen and oxygen atoms in total. The fourth-order valence-electron chi connectivity index (χ4n) is 2.28. The van der Waals surface area contributed by atoms with Gasteiger partial charge in [-0.15, -0.1) is 0 Å². The summed E-state index contributed by atoms with van der Waals surface area (Å²) in [7, 11) is 0. The molecule has 16 heavy (non-hydrogen) atoms. The zero-order valence-corrected chi connectivity index (χ0v) is 9.74. The Balaban J connectivity index is 2.11. The summed E-state index contributed by atoms with van der Waals surface area (Å²) in [6.07, 6.45) is 2.61. The van der Waals surface area contributed by atoms with Gasteiger partial charge in [-0.1, -0.05) is 6.92 Å². The molecule has 86 valence electrons. The van der Waals surface area contributed by atoms with E-state index in [1.165, 1.54) is 18.5 Å². The van der Waals surface area contributed by atoms with Crippen molar-refractivity contribution < 1.29 is 0 Å². The predicted molar refractivity (Wildman–Crippen MR) is 68.1 cm³/mol. The van der Waals surface area contributed by atoms with Crippen LogP contribution in [-0.2, 0) is 0 Å². The fourth-order valence-corrected chi connectivity index (χ4v) is 2.28. The van der Waals surface area contributed by atoms with Gasteiger partial charge in [-0.3, -0.25) is 5.41 Å². The van der Waals surface area contributed by atoms with Crippen LogP contribution in [0.4, 0.5) is 5.69 Å². The maximum absolute atomic E-state index is 7.35. The number of nitrogens with one attached hydrogen (secondary N) is 1. The van der Waals surface area contributed by atoms with Gasteiger partial charge in [0.25, 0.3) is 0 Å². The highest BCUT2D eigenvalue weighted by Crippen LogP contribution is 2.22. The molecule has 0 aromatic heterocycles. The summed E-state index contributed by atoms with van der Waals surface area (Å²) in [6.45, 7) is 4.58. The van der Waals surface area contributed by atoms with Crippen molar-refractivity contribution in [3.05, 3.63) is 29.8 Å². The fraction of sp³-hybridized carbons (Fsp3) is 0.462. The van der Waals surface area contributed by atoms with Crippen LogP contribution in [-0.4, -0.2) is 18.9 Å². The Morgan fingerprint density at radius 3 is 2.62 bits per heavy atom. The van der Waals surface area contributed by atoms with Gasteiger partial charge in [0.15, 0.2) is 0 Å². The SMILES string of the molecule is CC1CCCN(c2ccc(C(=N)N)cc2)C1. The van der Waals surface area contributed by atoms with Crippen molar-refractivity contribution in [3.8, 4) is 0 Å². The van der Waals surface area contributed by atoms with Crippen LogP contribution in [0.15, 0.2) is 24.3 Å². The summed E-state index contributed by atoms with van der Waals surface area (Å²) in [4.78, 5) is 2.41. The van der Waals surface area contributed by atoms with Gasteiger partial charge in [0, 0.05) is 24.3 Å². The molecule has 0 amide bonds. The van der Waals surface area contributed by atoms with E-state index in [1.807, 2.05) is 12.1 Å². The molecule has 1 atom stereocenters. The third-order valence-electron chi connectivity index (χ3n) is 3.20. The minimum absolute atomic E-state index is 0.138. The normalized spacial score (nSPS) is 20.8. The minimum Gasteiger partial charge on any atom is -0.384 e. The van der Waals surface area contributed by atoms with Gasteiger partial charge in [-0.2, -0.15) is 0 Å². The smallest absolute Gasteiger partial charge is 0.122 e. The van der Waals surface area contributed by atoms with E-state index in [0.29, 0.717) is 0 Å². The molecule has 3 heteroatoms. The van der Waals surface area contributed by atoms with E-state index in [0.717, 1.165) is 24.6 Å². The average molecular weight is 217 g/mol. The zero-order chi connectivity index (χ0) is 11.5. The second-order valence-electron chi connectivity index (χ2n) is 4.65. The molecule has 2 rings (SSSR count). The number of piperidine rings is 1. The van der Waals surface area contributed by atoms with E-state index in [9.17, 15) is 0 Å². The summed E-state index contributed by atoms with van der Waals surface area (Å²) < 4.78 is 0. The minimum atomic E-state index is 0.138. The number of amidine groups is 1. The van der Waals surface area contributed by atoms with Crippen molar-refractivity contribution in [1.29, 1.82) is 5.41 Å². The summed E-state index contributed by atoms with van der Waals surface area (Å²) in [5.74, 6) is 0.916.